The van der Waals surface area contributed by atoms with E-state index in [2.05, 4.69) is 4.98 Å². The number of carbonyl (C=O) groups excluding carboxylic acids is 2. The van der Waals surface area contributed by atoms with Gasteiger partial charge in [-0.15, -0.1) is 0 Å². The van der Waals surface area contributed by atoms with Gasteiger partial charge in [0.2, 0.25) is 0 Å². The van der Waals surface area contributed by atoms with Gasteiger partial charge in [-0.1, -0.05) is 0 Å². The third-order valence-electron chi connectivity index (χ3n) is 2.87. The van der Waals surface area contributed by atoms with Gasteiger partial charge < -0.3 is 20.1 Å². The van der Waals surface area contributed by atoms with Crippen molar-refractivity contribution in [1.82, 2.24) is 9.88 Å². The molecule has 3 N–H and O–H groups in total. The number of likely N-dealkylation sites (tertiary alicyclic amines) is 1. The number of nitrogens with one attached hydrogen (secondary N) is 1. The van der Waals surface area contributed by atoms with E-state index in [1.807, 2.05) is 0 Å². The summed E-state index contributed by atoms with van der Waals surface area (Å²) in [6.45, 7) is 1.63. The van der Waals surface area contributed by atoms with Crippen molar-refractivity contribution in [2.24, 2.45) is 0 Å². The van der Waals surface area contributed by atoms with Crippen LogP contribution in [0, 0.1) is 0 Å². The van der Waals surface area contributed by atoms with Crippen molar-refractivity contribution in [3.63, 3.8) is 0 Å². The Labute approximate surface area is 97.9 Å². The summed E-state index contributed by atoms with van der Waals surface area (Å²) < 4.78 is 0. The molecule has 17 heavy (non-hydrogen) atoms. The van der Waals surface area contributed by atoms with Crippen molar-refractivity contribution in [2.45, 2.75) is 19.1 Å². The number of rotatable bonds is 2. The highest BCUT2D eigenvalue weighted by atomic mass is 16.3. The summed E-state index contributed by atoms with van der Waals surface area (Å²) in [4.78, 5) is 27.1. The number of nitrogens with zero attached hydrogens (tertiary/aromatic N) is 1. The lowest BCUT2D eigenvalue weighted by molar-refractivity contribution is 0.0572. The number of β-amino-alcohol motifs (C(OH)–C–C–N with tert-alkyl or cyclic N) is 2. The zero-order chi connectivity index (χ0) is 12.6. The molecular formula is C11H14N2O4. The Balaban J connectivity index is 2.12. The van der Waals surface area contributed by atoms with E-state index >= 15 is 0 Å². The third kappa shape index (κ3) is 2.22. The fourth-order valence-electron chi connectivity index (χ4n) is 1.83. The summed E-state index contributed by atoms with van der Waals surface area (Å²) in [6.07, 6.45) is -0.333. The lowest BCUT2D eigenvalue weighted by Gasteiger charge is -2.13. The van der Waals surface area contributed by atoms with E-state index in [1.54, 1.807) is 0 Å². The predicted molar refractivity (Wildman–Crippen MR) is 58.7 cm³/mol. The number of ketones is 1. The van der Waals surface area contributed by atoms with Crippen molar-refractivity contribution in [3.8, 4) is 0 Å². The molecule has 1 aliphatic heterocycles. The Kier molecular flexibility index (Phi) is 2.99. The second-order valence-corrected chi connectivity index (χ2v) is 4.20. The molecule has 1 fully saturated rings. The smallest absolute Gasteiger partial charge is 0.270 e. The van der Waals surface area contributed by atoms with Gasteiger partial charge in [0.1, 0.15) is 5.69 Å². The third-order valence-corrected chi connectivity index (χ3v) is 2.87. The monoisotopic (exact) mass is 238 g/mol. The van der Waals surface area contributed by atoms with Crippen LogP contribution in [0.5, 0.6) is 0 Å². The summed E-state index contributed by atoms with van der Waals surface area (Å²) in [7, 11) is 0. The van der Waals surface area contributed by atoms with Gasteiger partial charge in [-0.05, 0) is 13.0 Å². The molecule has 0 aromatic carbocycles. The first-order valence-electron chi connectivity index (χ1n) is 5.34. The number of aliphatic hydroxyl groups is 2. The van der Waals surface area contributed by atoms with E-state index in [1.165, 1.54) is 24.1 Å². The fraction of sp³-hybridized carbons (Fsp3) is 0.455. The number of aromatic nitrogens is 1. The van der Waals surface area contributed by atoms with Crippen LogP contribution in [0.3, 0.4) is 0 Å². The lowest BCUT2D eigenvalue weighted by Crippen LogP contribution is -2.30. The minimum absolute atomic E-state index is 0.106. The molecular weight excluding hydrogens is 224 g/mol. The van der Waals surface area contributed by atoms with E-state index in [9.17, 15) is 19.8 Å². The zero-order valence-corrected chi connectivity index (χ0v) is 9.38. The quantitative estimate of drug-likeness (QED) is 0.599. The van der Waals surface area contributed by atoms with Crippen LogP contribution in [0.15, 0.2) is 12.3 Å². The highest BCUT2D eigenvalue weighted by Crippen LogP contribution is 2.14. The molecule has 1 aromatic heterocycles. The predicted octanol–water partition coefficient (Wildman–Crippen LogP) is -0.605. The summed E-state index contributed by atoms with van der Waals surface area (Å²) in [5.74, 6) is -0.449. The molecule has 0 spiro atoms. The number of aliphatic hydroxyl groups excluding tert-OH is 2. The molecule has 2 rings (SSSR count). The molecule has 92 valence electrons. The van der Waals surface area contributed by atoms with Gasteiger partial charge in [-0.2, -0.15) is 0 Å². The number of H-pyrrole nitrogens is 1. The molecule has 1 aliphatic rings. The first-order valence-corrected chi connectivity index (χ1v) is 5.34. The molecule has 0 bridgehead atoms. The van der Waals surface area contributed by atoms with Crippen LogP contribution in [0.2, 0.25) is 0 Å². The first kappa shape index (κ1) is 11.8. The minimum atomic E-state index is -0.902. The molecule has 0 radical (unpaired) electrons. The number of carbonyl (C=O) groups is 2. The highest BCUT2D eigenvalue weighted by Gasteiger charge is 2.33. The number of hydrogen-bond donors (Lipinski definition) is 3. The molecule has 2 heterocycles. The standard InChI is InChI=1S/C11H14N2O4/c1-6(14)7-2-8(12-3-7)11(17)13-4-9(15)10(16)5-13/h2-3,9-10,12,15-16H,4-5H2,1H3/t9-,10+. The van der Waals surface area contributed by atoms with Gasteiger partial charge in [-0.3, -0.25) is 9.59 Å². The van der Waals surface area contributed by atoms with E-state index in [4.69, 9.17) is 0 Å². The SMILES string of the molecule is CC(=O)c1c[nH]c(C(=O)N2C[C@@H](O)[C@@H](O)C2)c1. The summed E-state index contributed by atoms with van der Waals surface area (Å²) in [6, 6.07) is 1.47. The Bertz CT molecular complexity index is 444. The molecule has 2 atom stereocenters. The van der Waals surface area contributed by atoms with E-state index in [0.29, 0.717) is 5.56 Å². The maximum atomic E-state index is 11.9. The van der Waals surface area contributed by atoms with E-state index in [0.717, 1.165) is 0 Å². The minimum Gasteiger partial charge on any atom is -0.388 e. The number of hydrogen-bond acceptors (Lipinski definition) is 4. The molecule has 6 nitrogen and oxygen atoms in total. The molecule has 0 saturated carbocycles. The summed E-state index contributed by atoms with van der Waals surface area (Å²) >= 11 is 0. The van der Waals surface area contributed by atoms with Gasteiger partial charge in [0.05, 0.1) is 12.2 Å². The Morgan fingerprint density at radius 2 is 1.94 bits per heavy atom. The Morgan fingerprint density at radius 1 is 1.35 bits per heavy atom. The van der Waals surface area contributed by atoms with Crippen molar-refractivity contribution in [2.75, 3.05) is 13.1 Å². The molecule has 1 aromatic rings. The van der Waals surface area contributed by atoms with Crippen LogP contribution in [0.4, 0.5) is 0 Å². The van der Waals surface area contributed by atoms with Gasteiger partial charge in [-0.25, -0.2) is 0 Å². The summed E-state index contributed by atoms with van der Waals surface area (Å²) in [5, 5.41) is 18.7. The van der Waals surface area contributed by atoms with E-state index < -0.39 is 12.2 Å². The Morgan fingerprint density at radius 3 is 2.41 bits per heavy atom. The van der Waals surface area contributed by atoms with E-state index in [-0.39, 0.29) is 30.5 Å². The highest BCUT2D eigenvalue weighted by molar-refractivity contribution is 5.99. The van der Waals surface area contributed by atoms with Crippen molar-refractivity contribution in [3.05, 3.63) is 23.5 Å². The van der Waals surface area contributed by atoms with Crippen molar-refractivity contribution in [1.29, 1.82) is 0 Å². The summed E-state index contributed by atoms with van der Waals surface area (Å²) in [5.41, 5.74) is 0.727. The maximum Gasteiger partial charge on any atom is 0.270 e. The second kappa shape index (κ2) is 4.31. The van der Waals surface area contributed by atoms with Gasteiger partial charge in [0.15, 0.2) is 5.78 Å². The van der Waals surface area contributed by atoms with Crippen LogP contribution < -0.4 is 0 Å². The number of aromatic amines is 1. The number of Topliss-reactive ketones (excluding diaryl/α,β-unsaturated/α-hetero) is 1. The van der Waals surface area contributed by atoms with Crippen molar-refractivity contribution < 1.29 is 19.8 Å². The molecule has 0 aliphatic carbocycles. The maximum absolute atomic E-state index is 11.9. The Hall–Kier alpha value is -1.66. The van der Waals surface area contributed by atoms with Gasteiger partial charge in [0, 0.05) is 24.8 Å². The molecule has 1 saturated heterocycles. The van der Waals surface area contributed by atoms with Gasteiger partial charge in [0.25, 0.3) is 5.91 Å². The van der Waals surface area contributed by atoms with Crippen LogP contribution >= 0.6 is 0 Å². The number of amides is 1. The molecule has 1 amide bonds. The average Bonchev–Trinajstić information content (AvgIpc) is 2.86. The second-order valence-electron chi connectivity index (χ2n) is 4.20. The topological polar surface area (TPSA) is 93.6 Å². The fourth-order valence-corrected chi connectivity index (χ4v) is 1.83. The molecule has 0 unspecified atom stereocenters. The average molecular weight is 238 g/mol. The largest absolute Gasteiger partial charge is 0.388 e. The van der Waals surface area contributed by atoms with Gasteiger partial charge >= 0.3 is 0 Å². The van der Waals surface area contributed by atoms with Crippen molar-refractivity contribution >= 4 is 11.7 Å². The first-order chi connectivity index (χ1) is 7.99. The lowest BCUT2D eigenvalue weighted by atomic mass is 10.2. The van der Waals surface area contributed by atoms with Crippen LogP contribution in [-0.2, 0) is 0 Å². The van der Waals surface area contributed by atoms with Crippen LogP contribution in [0.1, 0.15) is 27.8 Å². The zero-order valence-electron chi connectivity index (χ0n) is 9.38. The normalized spacial score (nSPS) is 24.1. The van der Waals surface area contributed by atoms with Crippen LogP contribution in [0.25, 0.3) is 0 Å². The van der Waals surface area contributed by atoms with Crippen LogP contribution in [-0.4, -0.2) is 57.1 Å². The molecule has 6 heteroatoms.